The Hall–Kier alpha value is -3.11. The fraction of sp³-hybridized carbons (Fsp3) is 0.296. The number of nitrogens with one attached hydrogen (secondary N) is 1. The molecule has 1 amide bonds. The zero-order chi connectivity index (χ0) is 21.5. The van der Waals surface area contributed by atoms with Crippen molar-refractivity contribution < 1.29 is 9.53 Å². The molecule has 3 aromatic rings. The smallest absolute Gasteiger partial charge is 0.227 e. The van der Waals surface area contributed by atoms with Crippen molar-refractivity contribution in [2.45, 2.75) is 32.9 Å². The van der Waals surface area contributed by atoms with Crippen LogP contribution in [0.2, 0.25) is 0 Å². The molecule has 0 radical (unpaired) electrons. The molecule has 0 spiro atoms. The number of ether oxygens (including phenoxy) is 1. The van der Waals surface area contributed by atoms with Crippen molar-refractivity contribution in [3.63, 3.8) is 0 Å². The second-order valence-corrected chi connectivity index (χ2v) is 8.33. The number of carbonyl (C=O) groups excluding carboxylic acids is 1. The van der Waals surface area contributed by atoms with Crippen LogP contribution < -0.4 is 10.1 Å². The SMILES string of the molecule is Cc1cccc(CN2CCC(C(=O)Nc3ccc(OCc4ccccc4)cc3)CC2)c1. The summed E-state index contributed by atoms with van der Waals surface area (Å²) in [5, 5.41) is 3.07. The maximum atomic E-state index is 12.7. The van der Waals surface area contributed by atoms with Crippen LogP contribution in [0.3, 0.4) is 0 Å². The van der Waals surface area contributed by atoms with Crippen molar-refractivity contribution in [3.05, 3.63) is 95.6 Å². The molecule has 0 unspecified atom stereocenters. The number of carbonyl (C=O) groups is 1. The lowest BCUT2D eigenvalue weighted by molar-refractivity contribution is -0.121. The number of anilines is 1. The molecular weight excluding hydrogens is 384 g/mol. The van der Waals surface area contributed by atoms with Crippen molar-refractivity contribution in [1.82, 2.24) is 4.90 Å². The number of rotatable bonds is 7. The fourth-order valence-electron chi connectivity index (χ4n) is 4.04. The zero-order valence-corrected chi connectivity index (χ0v) is 18.1. The van der Waals surface area contributed by atoms with Crippen LogP contribution in [0.15, 0.2) is 78.9 Å². The van der Waals surface area contributed by atoms with Gasteiger partial charge in [-0.05, 0) is 68.2 Å². The molecule has 4 nitrogen and oxygen atoms in total. The van der Waals surface area contributed by atoms with Crippen LogP contribution in [0, 0.1) is 12.8 Å². The van der Waals surface area contributed by atoms with Crippen LogP contribution in [0.25, 0.3) is 0 Å². The highest BCUT2D eigenvalue weighted by atomic mass is 16.5. The minimum absolute atomic E-state index is 0.0720. The van der Waals surface area contributed by atoms with Gasteiger partial charge in [-0.15, -0.1) is 0 Å². The molecule has 1 aliphatic rings. The Kier molecular flexibility index (Phi) is 7.00. The maximum Gasteiger partial charge on any atom is 0.227 e. The van der Waals surface area contributed by atoms with Gasteiger partial charge in [0.25, 0.3) is 0 Å². The first-order chi connectivity index (χ1) is 15.2. The summed E-state index contributed by atoms with van der Waals surface area (Å²) in [6.45, 7) is 5.53. The largest absolute Gasteiger partial charge is 0.489 e. The lowest BCUT2D eigenvalue weighted by Crippen LogP contribution is -2.37. The van der Waals surface area contributed by atoms with E-state index in [1.165, 1.54) is 11.1 Å². The summed E-state index contributed by atoms with van der Waals surface area (Å²) in [5.41, 5.74) is 4.59. The van der Waals surface area contributed by atoms with Gasteiger partial charge in [0.2, 0.25) is 5.91 Å². The van der Waals surface area contributed by atoms with Crippen LogP contribution in [-0.4, -0.2) is 23.9 Å². The Labute approximate surface area is 184 Å². The number of piperidine rings is 1. The van der Waals surface area contributed by atoms with Gasteiger partial charge in [0, 0.05) is 18.2 Å². The molecule has 1 aliphatic heterocycles. The second kappa shape index (κ2) is 10.3. The zero-order valence-electron chi connectivity index (χ0n) is 18.1. The lowest BCUT2D eigenvalue weighted by Gasteiger charge is -2.31. The first kappa shape index (κ1) is 21.1. The van der Waals surface area contributed by atoms with E-state index in [0.29, 0.717) is 6.61 Å². The van der Waals surface area contributed by atoms with E-state index in [1.54, 1.807) is 0 Å². The van der Waals surface area contributed by atoms with Gasteiger partial charge in [-0.3, -0.25) is 9.69 Å². The molecular formula is C27H30N2O2. The molecule has 3 aromatic carbocycles. The highest BCUT2D eigenvalue weighted by Gasteiger charge is 2.25. The average molecular weight is 415 g/mol. The van der Waals surface area contributed by atoms with Crippen molar-refractivity contribution in [2.24, 2.45) is 5.92 Å². The summed E-state index contributed by atoms with van der Waals surface area (Å²) in [4.78, 5) is 15.2. The number of amides is 1. The van der Waals surface area contributed by atoms with E-state index in [4.69, 9.17) is 4.74 Å². The molecule has 0 aromatic heterocycles. The highest BCUT2D eigenvalue weighted by molar-refractivity contribution is 5.92. The van der Waals surface area contributed by atoms with Crippen LogP contribution in [0.4, 0.5) is 5.69 Å². The number of hydrogen-bond donors (Lipinski definition) is 1. The maximum absolute atomic E-state index is 12.7. The molecule has 0 atom stereocenters. The normalized spacial score (nSPS) is 14.9. The van der Waals surface area contributed by atoms with E-state index in [1.807, 2.05) is 54.6 Å². The molecule has 0 aliphatic carbocycles. The predicted octanol–water partition coefficient (Wildman–Crippen LogP) is 5.42. The van der Waals surface area contributed by atoms with E-state index < -0.39 is 0 Å². The summed E-state index contributed by atoms with van der Waals surface area (Å²) in [6.07, 6.45) is 1.80. The number of likely N-dealkylation sites (tertiary alicyclic amines) is 1. The molecule has 4 rings (SSSR count). The highest BCUT2D eigenvalue weighted by Crippen LogP contribution is 2.22. The van der Waals surface area contributed by atoms with Crippen LogP contribution in [-0.2, 0) is 17.9 Å². The van der Waals surface area contributed by atoms with Gasteiger partial charge >= 0.3 is 0 Å². The molecule has 160 valence electrons. The number of aryl methyl sites for hydroxylation is 1. The third-order valence-electron chi connectivity index (χ3n) is 5.82. The third kappa shape index (κ3) is 6.19. The summed E-state index contributed by atoms with van der Waals surface area (Å²) in [6, 6.07) is 26.4. The van der Waals surface area contributed by atoms with E-state index in [2.05, 4.69) is 41.4 Å². The topological polar surface area (TPSA) is 41.6 Å². The van der Waals surface area contributed by atoms with Gasteiger partial charge in [-0.2, -0.15) is 0 Å². The first-order valence-corrected chi connectivity index (χ1v) is 11.0. The molecule has 31 heavy (non-hydrogen) atoms. The van der Waals surface area contributed by atoms with Crippen molar-refractivity contribution in [1.29, 1.82) is 0 Å². The Morgan fingerprint density at radius 1 is 0.935 bits per heavy atom. The minimum atomic E-state index is 0.0720. The molecule has 0 saturated carbocycles. The Morgan fingerprint density at radius 2 is 1.65 bits per heavy atom. The van der Waals surface area contributed by atoms with Crippen molar-refractivity contribution in [2.75, 3.05) is 18.4 Å². The molecule has 1 fully saturated rings. The first-order valence-electron chi connectivity index (χ1n) is 11.0. The summed E-state index contributed by atoms with van der Waals surface area (Å²) >= 11 is 0. The van der Waals surface area contributed by atoms with E-state index >= 15 is 0 Å². The Balaban J connectivity index is 1.22. The second-order valence-electron chi connectivity index (χ2n) is 8.33. The third-order valence-corrected chi connectivity index (χ3v) is 5.82. The molecule has 4 heteroatoms. The number of benzene rings is 3. The lowest BCUT2D eigenvalue weighted by atomic mass is 9.95. The van der Waals surface area contributed by atoms with Crippen LogP contribution in [0.5, 0.6) is 5.75 Å². The molecule has 1 saturated heterocycles. The van der Waals surface area contributed by atoms with Gasteiger partial charge in [-0.1, -0.05) is 60.2 Å². The van der Waals surface area contributed by atoms with Crippen LogP contribution in [0.1, 0.15) is 29.5 Å². The van der Waals surface area contributed by atoms with Gasteiger partial charge < -0.3 is 10.1 Å². The summed E-state index contributed by atoms with van der Waals surface area (Å²) < 4.78 is 5.82. The molecule has 1 heterocycles. The summed E-state index contributed by atoms with van der Waals surface area (Å²) in [5.74, 6) is 0.988. The monoisotopic (exact) mass is 414 g/mol. The summed E-state index contributed by atoms with van der Waals surface area (Å²) in [7, 11) is 0. The number of hydrogen-bond acceptors (Lipinski definition) is 3. The van der Waals surface area contributed by atoms with Gasteiger partial charge in [0.15, 0.2) is 0 Å². The molecule has 0 bridgehead atoms. The van der Waals surface area contributed by atoms with E-state index in [-0.39, 0.29) is 11.8 Å². The van der Waals surface area contributed by atoms with Crippen molar-refractivity contribution in [3.8, 4) is 5.75 Å². The molecule has 1 N–H and O–H groups in total. The van der Waals surface area contributed by atoms with Gasteiger partial charge in [0.05, 0.1) is 0 Å². The quantitative estimate of drug-likeness (QED) is 0.561. The van der Waals surface area contributed by atoms with Gasteiger partial charge in [-0.25, -0.2) is 0 Å². The average Bonchev–Trinajstić information content (AvgIpc) is 2.80. The predicted molar refractivity (Wildman–Crippen MR) is 125 cm³/mol. The van der Waals surface area contributed by atoms with E-state index in [9.17, 15) is 4.79 Å². The minimum Gasteiger partial charge on any atom is -0.489 e. The number of nitrogens with zero attached hydrogens (tertiary/aromatic N) is 1. The van der Waals surface area contributed by atoms with Crippen LogP contribution >= 0.6 is 0 Å². The van der Waals surface area contributed by atoms with E-state index in [0.717, 1.165) is 49.5 Å². The standard InChI is InChI=1S/C27H30N2O2/c1-21-6-5-9-23(18-21)19-29-16-14-24(15-17-29)27(30)28-25-10-12-26(13-11-25)31-20-22-7-3-2-4-8-22/h2-13,18,24H,14-17,19-20H2,1H3,(H,28,30). The Bertz CT molecular complexity index is 978. The van der Waals surface area contributed by atoms with Crippen molar-refractivity contribution >= 4 is 11.6 Å². The Morgan fingerprint density at radius 3 is 2.35 bits per heavy atom. The van der Waals surface area contributed by atoms with Gasteiger partial charge in [0.1, 0.15) is 12.4 Å². The fourth-order valence-corrected chi connectivity index (χ4v) is 4.04.